The molecule has 1 aliphatic rings. The highest BCUT2D eigenvalue weighted by Crippen LogP contribution is 2.38. The quantitative estimate of drug-likeness (QED) is 0.262. The fourth-order valence-electron chi connectivity index (χ4n) is 3.32. The molecule has 0 aromatic heterocycles. The number of cyclic esters (lactones) is 1. The minimum Gasteiger partial charge on any atom is -0.493 e. The first-order chi connectivity index (χ1) is 16.9. The average Bonchev–Trinajstić information content (AvgIpc) is 3.24. The molecule has 9 heteroatoms. The van der Waals surface area contributed by atoms with E-state index >= 15 is 0 Å². The lowest BCUT2D eigenvalue weighted by molar-refractivity contribution is -0.129. The highest BCUT2D eigenvalue weighted by atomic mass is 35.5. The number of halogens is 1. The van der Waals surface area contributed by atoms with Gasteiger partial charge in [-0.3, -0.25) is 0 Å². The van der Waals surface area contributed by atoms with Crippen LogP contribution in [0.5, 0.6) is 23.0 Å². The van der Waals surface area contributed by atoms with Gasteiger partial charge in [-0.25, -0.2) is 14.6 Å². The first-order valence-corrected chi connectivity index (χ1v) is 10.7. The molecule has 0 radical (unpaired) electrons. The van der Waals surface area contributed by atoms with Gasteiger partial charge < -0.3 is 23.7 Å². The van der Waals surface area contributed by atoms with E-state index in [9.17, 15) is 9.59 Å². The van der Waals surface area contributed by atoms with E-state index in [0.29, 0.717) is 33.4 Å². The predicted octanol–water partition coefficient (Wildman–Crippen LogP) is 4.93. The highest BCUT2D eigenvalue weighted by Gasteiger charge is 2.25. The SMILES string of the molecule is COc1cc(C(=O)Oc2ccccc2/C=C2\N=C(c3ccc(Cl)cc3)OC2=O)cc(OC)c1OC. The Hall–Kier alpha value is -4.30. The molecule has 0 amide bonds. The molecule has 0 unspecified atom stereocenters. The number of rotatable bonds is 7. The molecule has 0 aliphatic carbocycles. The van der Waals surface area contributed by atoms with Crippen LogP contribution in [0.25, 0.3) is 6.08 Å². The van der Waals surface area contributed by atoms with Crippen LogP contribution >= 0.6 is 11.6 Å². The Bertz CT molecular complexity index is 1320. The van der Waals surface area contributed by atoms with Crippen molar-refractivity contribution >= 4 is 35.5 Å². The molecule has 1 heterocycles. The van der Waals surface area contributed by atoms with Crippen molar-refractivity contribution < 1.29 is 33.3 Å². The number of ether oxygens (including phenoxy) is 5. The Morgan fingerprint density at radius 3 is 2.20 bits per heavy atom. The summed E-state index contributed by atoms with van der Waals surface area (Å²) in [4.78, 5) is 29.6. The summed E-state index contributed by atoms with van der Waals surface area (Å²) in [6.07, 6.45) is 1.49. The Balaban J connectivity index is 1.63. The molecule has 4 rings (SSSR count). The van der Waals surface area contributed by atoms with Crippen molar-refractivity contribution in [3.8, 4) is 23.0 Å². The van der Waals surface area contributed by atoms with Gasteiger partial charge >= 0.3 is 11.9 Å². The van der Waals surface area contributed by atoms with Gasteiger partial charge in [0, 0.05) is 16.1 Å². The predicted molar refractivity (Wildman–Crippen MR) is 130 cm³/mol. The van der Waals surface area contributed by atoms with E-state index in [1.165, 1.54) is 39.5 Å². The molecular formula is C26H20ClNO7. The molecule has 0 N–H and O–H groups in total. The van der Waals surface area contributed by atoms with Gasteiger partial charge in [-0.05, 0) is 48.5 Å². The van der Waals surface area contributed by atoms with Crippen LogP contribution in [0.15, 0.2) is 71.4 Å². The lowest BCUT2D eigenvalue weighted by Gasteiger charge is -2.14. The molecule has 3 aromatic carbocycles. The molecule has 8 nitrogen and oxygen atoms in total. The fraction of sp³-hybridized carbons (Fsp3) is 0.115. The zero-order valence-electron chi connectivity index (χ0n) is 19.0. The zero-order valence-corrected chi connectivity index (χ0v) is 19.8. The number of hydrogen-bond donors (Lipinski definition) is 0. The Labute approximate surface area is 206 Å². The third-order valence-corrected chi connectivity index (χ3v) is 5.28. The van der Waals surface area contributed by atoms with E-state index in [1.54, 1.807) is 48.5 Å². The van der Waals surface area contributed by atoms with Gasteiger partial charge in [0.05, 0.1) is 26.9 Å². The van der Waals surface area contributed by atoms with Crippen molar-refractivity contribution in [2.45, 2.75) is 0 Å². The fourth-order valence-corrected chi connectivity index (χ4v) is 3.45. The molecule has 0 spiro atoms. The maximum atomic E-state index is 12.9. The van der Waals surface area contributed by atoms with E-state index in [4.69, 9.17) is 35.3 Å². The maximum Gasteiger partial charge on any atom is 0.363 e. The summed E-state index contributed by atoms with van der Waals surface area (Å²) in [5.41, 5.74) is 1.31. The van der Waals surface area contributed by atoms with E-state index < -0.39 is 11.9 Å². The molecule has 0 saturated carbocycles. The summed E-state index contributed by atoms with van der Waals surface area (Å²) in [6.45, 7) is 0. The van der Waals surface area contributed by atoms with Crippen molar-refractivity contribution in [2.75, 3.05) is 21.3 Å². The largest absolute Gasteiger partial charge is 0.493 e. The van der Waals surface area contributed by atoms with Gasteiger partial charge in [-0.2, -0.15) is 0 Å². The number of methoxy groups -OCH3 is 3. The first kappa shape index (κ1) is 23.8. The summed E-state index contributed by atoms with van der Waals surface area (Å²) in [5.74, 6) is 0.0754. The van der Waals surface area contributed by atoms with Crippen LogP contribution in [0.2, 0.25) is 5.02 Å². The molecule has 0 bridgehead atoms. The number of para-hydroxylation sites is 1. The monoisotopic (exact) mass is 493 g/mol. The summed E-state index contributed by atoms with van der Waals surface area (Å²) < 4.78 is 26.8. The smallest absolute Gasteiger partial charge is 0.363 e. The first-order valence-electron chi connectivity index (χ1n) is 10.3. The Morgan fingerprint density at radius 1 is 0.914 bits per heavy atom. The molecule has 0 saturated heterocycles. The summed E-state index contributed by atoms with van der Waals surface area (Å²) >= 11 is 5.91. The third kappa shape index (κ3) is 5.12. The Kier molecular flexibility index (Phi) is 7.03. The van der Waals surface area contributed by atoms with E-state index in [-0.39, 0.29) is 22.9 Å². The topological polar surface area (TPSA) is 92.7 Å². The lowest BCUT2D eigenvalue weighted by Crippen LogP contribution is -2.10. The molecule has 35 heavy (non-hydrogen) atoms. The number of aliphatic imine (C=N–C) groups is 1. The van der Waals surface area contributed by atoms with E-state index in [1.807, 2.05) is 0 Å². The van der Waals surface area contributed by atoms with Crippen LogP contribution < -0.4 is 18.9 Å². The van der Waals surface area contributed by atoms with Crippen LogP contribution in [0.1, 0.15) is 21.5 Å². The highest BCUT2D eigenvalue weighted by molar-refractivity contribution is 6.30. The summed E-state index contributed by atoms with van der Waals surface area (Å²) in [5, 5.41) is 0.553. The van der Waals surface area contributed by atoms with Crippen LogP contribution in [-0.2, 0) is 9.53 Å². The van der Waals surface area contributed by atoms with E-state index in [2.05, 4.69) is 4.99 Å². The molecule has 1 aliphatic heterocycles. The molecule has 0 fully saturated rings. The van der Waals surface area contributed by atoms with Crippen LogP contribution in [0, 0.1) is 0 Å². The minimum atomic E-state index is -0.658. The second-order valence-electron chi connectivity index (χ2n) is 7.18. The number of carbonyl (C=O) groups excluding carboxylic acids is 2. The number of carbonyl (C=O) groups is 2. The van der Waals surface area contributed by atoms with Crippen LogP contribution in [-0.4, -0.2) is 39.2 Å². The van der Waals surface area contributed by atoms with Crippen LogP contribution in [0.3, 0.4) is 0 Å². The van der Waals surface area contributed by atoms with Crippen molar-refractivity contribution in [3.63, 3.8) is 0 Å². The van der Waals surface area contributed by atoms with Crippen molar-refractivity contribution in [3.05, 3.63) is 88.1 Å². The van der Waals surface area contributed by atoms with E-state index in [0.717, 1.165) is 0 Å². The molecule has 3 aromatic rings. The molecular weight excluding hydrogens is 474 g/mol. The van der Waals surface area contributed by atoms with Crippen molar-refractivity contribution in [2.24, 2.45) is 4.99 Å². The van der Waals surface area contributed by atoms with Gasteiger partial charge in [0.2, 0.25) is 11.6 Å². The van der Waals surface area contributed by atoms with Gasteiger partial charge in [-0.1, -0.05) is 29.8 Å². The maximum absolute atomic E-state index is 12.9. The summed E-state index contributed by atoms with van der Waals surface area (Å²) in [6, 6.07) is 16.5. The van der Waals surface area contributed by atoms with Gasteiger partial charge in [0.25, 0.3) is 0 Å². The number of esters is 2. The van der Waals surface area contributed by atoms with Crippen molar-refractivity contribution in [1.29, 1.82) is 0 Å². The van der Waals surface area contributed by atoms with Gasteiger partial charge in [0.1, 0.15) is 5.75 Å². The Morgan fingerprint density at radius 2 is 1.57 bits per heavy atom. The number of benzene rings is 3. The average molecular weight is 494 g/mol. The van der Waals surface area contributed by atoms with Gasteiger partial charge in [0.15, 0.2) is 17.2 Å². The second kappa shape index (κ2) is 10.3. The normalized spacial score (nSPS) is 13.8. The third-order valence-electron chi connectivity index (χ3n) is 5.03. The van der Waals surface area contributed by atoms with Crippen LogP contribution in [0.4, 0.5) is 0 Å². The standard InChI is InChI=1S/C26H20ClNO7/c1-31-21-13-17(14-22(32-2)23(21)33-3)25(29)34-20-7-5-4-6-16(20)12-19-26(30)35-24(28-19)15-8-10-18(27)11-9-15/h4-14H,1-3H3/b19-12-. The second-order valence-corrected chi connectivity index (χ2v) is 7.62. The minimum absolute atomic E-state index is 0.0613. The zero-order chi connectivity index (χ0) is 24.9. The lowest BCUT2D eigenvalue weighted by atomic mass is 10.1. The number of hydrogen-bond acceptors (Lipinski definition) is 8. The summed E-state index contributed by atoms with van der Waals surface area (Å²) in [7, 11) is 4.37. The van der Waals surface area contributed by atoms with Crippen molar-refractivity contribution in [1.82, 2.24) is 0 Å². The number of nitrogens with zero attached hydrogens (tertiary/aromatic N) is 1. The molecule has 0 atom stereocenters. The van der Waals surface area contributed by atoms with Gasteiger partial charge in [-0.15, -0.1) is 0 Å². The molecule has 178 valence electrons.